The molecule has 0 amide bonds. The summed E-state index contributed by atoms with van der Waals surface area (Å²) in [7, 11) is 0. The number of hydrogen-bond acceptors (Lipinski definition) is 5. The second-order valence-corrected chi connectivity index (χ2v) is 5.05. The largest absolute Gasteiger partial charge is 0.330 e. The van der Waals surface area contributed by atoms with Gasteiger partial charge in [-0.1, -0.05) is 29.0 Å². The molecule has 0 unspecified atom stereocenters. The van der Waals surface area contributed by atoms with E-state index in [0.29, 0.717) is 6.54 Å². The number of anilines is 2. The van der Waals surface area contributed by atoms with Crippen molar-refractivity contribution in [3.8, 4) is 0 Å². The van der Waals surface area contributed by atoms with E-state index in [4.69, 9.17) is 17.3 Å². The third-order valence-corrected chi connectivity index (χ3v) is 3.64. The lowest BCUT2D eigenvalue weighted by Crippen LogP contribution is -2.01. The molecule has 0 saturated heterocycles. The number of nitrogens with one attached hydrogen (secondary N) is 1. The van der Waals surface area contributed by atoms with Gasteiger partial charge in [0.2, 0.25) is 5.13 Å². The normalized spacial score (nSPS) is 10.5. The van der Waals surface area contributed by atoms with E-state index in [9.17, 15) is 0 Å². The highest BCUT2D eigenvalue weighted by Crippen LogP contribution is 2.27. The number of nitrogens with two attached hydrogens (primary N) is 1. The molecular weight excluding hydrogens is 256 g/mol. The molecule has 0 radical (unpaired) electrons. The molecule has 0 aliphatic rings. The first-order valence-electron chi connectivity index (χ1n) is 5.25. The van der Waals surface area contributed by atoms with Gasteiger partial charge in [-0.2, -0.15) is 0 Å². The Labute approximate surface area is 109 Å². The van der Waals surface area contributed by atoms with Crippen LogP contribution in [-0.4, -0.2) is 16.7 Å². The number of halogens is 1. The van der Waals surface area contributed by atoms with Crippen LogP contribution in [0.15, 0.2) is 18.2 Å². The Hall–Kier alpha value is -1.17. The van der Waals surface area contributed by atoms with Gasteiger partial charge in [0, 0.05) is 17.1 Å². The van der Waals surface area contributed by atoms with Gasteiger partial charge < -0.3 is 11.1 Å². The predicted octanol–water partition coefficient (Wildman–Crippen LogP) is 2.74. The van der Waals surface area contributed by atoms with Gasteiger partial charge in [0.05, 0.1) is 0 Å². The summed E-state index contributed by atoms with van der Waals surface area (Å²) in [6.45, 7) is 2.55. The van der Waals surface area contributed by atoms with Gasteiger partial charge in [0.25, 0.3) is 0 Å². The third kappa shape index (κ3) is 2.94. The van der Waals surface area contributed by atoms with Crippen LogP contribution in [0.3, 0.4) is 0 Å². The standard InChI is InChI=1S/C11H13ClN4S/c1-7-8(12)3-2-4-9(7)14-11-16-15-10(17-11)5-6-13/h2-4H,5-6,13H2,1H3,(H,14,16). The maximum Gasteiger partial charge on any atom is 0.210 e. The molecule has 2 aromatic rings. The molecule has 3 N–H and O–H groups in total. The highest BCUT2D eigenvalue weighted by molar-refractivity contribution is 7.15. The van der Waals surface area contributed by atoms with Gasteiger partial charge >= 0.3 is 0 Å². The van der Waals surface area contributed by atoms with Gasteiger partial charge in [-0.05, 0) is 31.2 Å². The first-order valence-corrected chi connectivity index (χ1v) is 6.44. The summed E-state index contributed by atoms with van der Waals surface area (Å²) in [5, 5.41) is 13.8. The van der Waals surface area contributed by atoms with Gasteiger partial charge in [-0.15, -0.1) is 10.2 Å². The van der Waals surface area contributed by atoms with Gasteiger partial charge in [-0.25, -0.2) is 0 Å². The molecular formula is C11H13ClN4S. The van der Waals surface area contributed by atoms with Crippen LogP contribution in [-0.2, 0) is 6.42 Å². The summed E-state index contributed by atoms with van der Waals surface area (Å²) in [6, 6.07) is 5.73. The minimum Gasteiger partial charge on any atom is -0.330 e. The Morgan fingerprint density at radius 1 is 1.41 bits per heavy atom. The van der Waals surface area contributed by atoms with Crippen molar-refractivity contribution < 1.29 is 0 Å². The molecule has 1 aromatic carbocycles. The number of nitrogens with zero attached hydrogens (tertiary/aromatic N) is 2. The molecule has 0 saturated carbocycles. The Balaban J connectivity index is 2.16. The molecule has 90 valence electrons. The van der Waals surface area contributed by atoms with E-state index < -0.39 is 0 Å². The van der Waals surface area contributed by atoms with Crippen molar-refractivity contribution in [3.05, 3.63) is 33.8 Å². The van der Waals surface area contributed by atoms with Gasteiger partial charge in [-0.3, -0.25) is 0 Å². The van der Waals surface area contributed by atoms with E-state index in [1.165, 1.54) is 11.3 Å². The molecule has 2 rings (SSSR count). The Morgan fingerprint density at radius 2 is 2.24 bits per heavy atom. The Morgan fingerprint density at radius 3 is 3.00 bits per heavy atom. The molecule has 0 atom stereocenters. The van der Waals surface area contributed by atoms with Crippen LogP contribution < -0.4 is 11.1 Å². The fraction of sp³-hybridized carbons (Fsp3) is 0.273. The molecule has 6 heteroatoms. The minimum atomic E-state index is 0.588. The van der Waals surface area contributed by atoms with Crippen molar-refractivity contribution in [1.82, 2.24) is 10.2 Å². The molecule has 0 fully saturated rings. The maximum atomic E-state index is 6.05. The summed E-state index contributed by atoms with van der Waals surface area (Å²) in [6.07, 6.45) is 0.758. The quantitative estimate of drug-likeness (QED) is 0.895. The summed E-state index contributed by atoms with van der Waals surface area (Å²) in [4.78, 5) is 0. The van der Waals surface area contributed by atoms with E-state index >= 15 is 0 Å². The topological polar surface area (TPSA) is 63.8 Å². The first kappa shape index (κ1) is 12.3. The molecule has 17 heavy (non-hydrogen) atoms. The van der Waals surface area contributed by atoms with Crippen LogP contribution in [0.4, 0.5) is 10.8 Å². The zero-order chi connectivity index (χ0) is 12.3. The summed E-state index contributed by atoms with van der Waals surface area (Å²) >= 11 is 7.56. The summed E-state index contributed by atoms with van der Waals surface area (Å²) in [5.41, 5.74) is 7.42. The minimum absolute atomic E-state index is 0.588. The van der Waals surface area contributed by atoms with Crippen molar-refractivity contribution in [2.45, 2.75) is 13.3 Å². The fourth-order valence-corrected chi connectivity index (χ4v) is 2.33. The van der Waals surface area contributed by atoms with Crippen molar-refractivity contribution >= 4 is 33.8 Å². The average molecular weight is 269 g/mol. The van der Waals surface area contributed by atoms with E-state index in [1.54, 1.807) is 0 Å². The molecule has 0 aliphatic carbocycles. The third-order valence-electron chi connectivity index (χ3n) is 2.33. The van der Waals surface area contributed by atoms with Gasteiger partial charge in [0.15, 0.2) is 0 Å². The van der Waals surface area contributed by atoms with Crippen LogP contribution in [0.25, 0.3) is 0 Å². The lowest BCUT2D eigenvalue weighted by atomic mass is 10.2. The summed E-state index contributed by atoms with van der Waals surface area (Å²) < 4.78 is 0. The SMILES string of the molecule is Cc1c(Cl)cccc1Nc1nnc(CCN)s1. The van der Waals surface area contributed by atoms with Crippen LogP contribution >= 0.6 is 22.9 Å². The lowest BCUT2D eigenvalue weighted by Gasteiger charge is -2.06. The second-order valence-electron chi connectivity index (χ2n) is 3.58. The average Bonchev–Trinajstić information content (AvgIpc) is 2.73. The van der Waals surface area contributed by atoms with Crippen LogP contribution in [0.2, 0.25) is 5.02 Å². The van der Waals surface area contributed by atoms with Crippen LogP contribution in [0.5, 0.6) is 0 Å². The van der Waals surface area contributed by atoms with Crippen LogP contribution in [0, 0.1) is 6.92 Å². The molecule has 4 nitrogen and oxygen atoms in total. The van der Waals surface area contributed by atoms with E-state index in [2.05, 4.69) is 15.5 Å². The summed E-state index contributed by atoms with van der Waals surface area (Å²) in [5.74, 6) is 0. The molecule has 0 spiro atoms. The second kappa shape index (κ2) is 5.44. The molecule has 0 aliphatic heterocycles. The van der Waals surface area contributed by atoms with Crippen molar-refractivity contribution in [2.75, 3.05) is 11.9 Å². The Kier molecular flexibility index (Phi) is 3.93. The lowest BCUT2D eigenvalue weighted by molar-refractivity contribution is 0.913. The Bertz CT molecular complexity index is 512. The van der Waals surface area contributed by atoms with E-state index in [1.807, 2.05) is 25.1 Å². The molecule has 1 aromatic heterocycles. The van der Waals surface area contributed by atoms with Crippen molar-refractivity contribution in [1.29, 1.82) is 0 Å². The smallest absolute Gasteiger partial charge is 0.210 e. The van der Waals surface area contributed by atoms with E-state index in [-0.39, 0.29) is 0 Å². The fourth-order valence-electron chi connectivity index (χ4n) is 1.39. The van der Waals surface area contributed by atoms with Crippen LogP contribution in [0.1, 0.15) is 10.6 Å². The molecule has 1 heterocycles. The van der Waals surface area contributed by atoms with E-state index in [0.717, 1.165) is 32.8 Å². The highest BCUT2D eigenvalue weighted by Gasteiger charge is 2.06. The predicted molar refractivity (Wildman–Crippen MR) is 72.1 cm³/mol. The number of aromatic nitrogens is 2. The first-order chi connectivity index (χ1) is 8.20. The number of rotatable bonds is 4. The maximum absolute atomic E-state index is 6.05. The number of benzene rings is 1. The van der Waals surface area contributed by atoms with Gasteiger partial charge in [0.1, 0.15) is 5.01 Å². The monoisotopic (exact) mass is 268 g/mol. The zero-order valence-electron chi connectivity index (χ0n) is 9.40. The van der Waals surface area contributed by atoms with Crippen molar-refractivity contribution in [3.63, 3.8) is 0 Å². The zero-order valence-corrected chi connectivity index (χ0v) is 11.0. The highest BCUT2D eigenvalue weighted by atomic mass is 35.5. The molecule has 0 bridgehead atoms. The number of hydrogen-bond donors (Lipinski definition) is 2. The van der Waals surface area contributed by atoms with Crippen molar-refractivity contribution in [2.24, 2.45) is 5.73 Å².